The first-order valence-electron chi connectivity index (χ1n) is 4.23. The number of carbonyl (C=O) groups is 2. The summed E-state index contributed by atoms with van der Waals surface area (Å²) in [6.45, 7) is 3.43. The van der Waals surface area contributed by atoms with Crippen LogP contribution in [0.25, 0.3) is 0 Å². The van der Waals surface area contributed by atoms with Crippen LogP contribution >= 0.6 is 0 Å². The molecule has 2 amide bonds. The highest BCUT2D eigenvalue weighted by Crippen LogP contribution is 1.95. The molecule has 0 aliphatic carbocycles. The summed E-state index contributed by atoms with van der Waals surface area (Å²) < 4.78 is 4.57. The molecular weight excluding hydrogens is 196 g/mol. The molecule has 0 spiro atoms. The van der Waals surface area contributed by atoms with E-state index < -0.39 is 12.0 Å². The average Bonchev–Trinajstić information content (AvgIpc) is 2.27. The zero-order valence-electron chi connectivity index (χ0n) is 7.97. The Hall–Kier alpha value is -2.17. The second kappa shape index (κ2) is 5.54. The van der Waals surface area contributed by atoms with Gasteiger partial charge >= 0.3 is 6.09 Å². The summed E-state index contributed by atoms with van der Waals surface area (Å²) in [4.78, 5) is 26.0. The average molecular weight is 206 g/mol. The lowest BCUT2D eigenvalue weighted by Gasteiger charge is -2.03. The first-order valence-corrected chi connectivity index (χ1v) is 4.23. The zero-order chi connectivity index (χ0) is 11.1. The minimum Gasteiger partial charge on any atom is -0.445 e. The molecule has 1 aromatic rings. The number of alkyl carbamates (subject to hydrolysis) is 1. The van der Waals surface area contributed by atoms with E-state index in [4.69, 9.17) is 0 Å². The predicted molar refractivity (Wildman–Crippen MR) is 53.2 cm³/mol. The first-order chi connectivity index (χ1) is 7.24. The van der Waals surface area contributed by atoms with Crippen LogP contribution in [0.1, 0.15) is 10.4 Å². The van der Waals surface area contributed by atoms with Gasteiger partial charge in [-0.1, -0.05) is 12.7 Å². The van der Waals surface area contributed by atoms with Crippen LogP contribution in [-0.2, 0) is 4.74 Å². The van der Waals surface area contributed by atoms with Crippen molar-refractivity contribution in [1.29, 1.82) is 0 Å². The van der Waals surface area contributed by atoms with E-state index in [1.54, 1.807) is 12.1 Å². The third-order valence-electron chi connectivity index (χ3n) is 1.47. The van der Waals surface area contributed by atoms with Gasteiger partial charge in [0.05, 0.1) is 5.56 Å². The molecule has 1 heterocycles. The van der Waals surface area contributed by atoms with Gasteiger partial charge in [0.2, 0.25) is 0 Å². The highest BCUT2D eigenvalue weighted by Gasteiger charge is 2.09. The highest BCUT2D eigenvalue weighted by molar-refractivity contribution is 6.02. The van der Waals surface area contributed by atoms with Crippen molar-refractivity contribution in [2.45, 2.75) is 0 Å². The van der Waals surface area contributed by atoms with E-state index in [2.05, 4.69) is 16.3 Å². The van der Waals surface area contributed by atoms with Gasteiger partial charge in [0, 0.05) is 12.4 Å². The van der Waals surface area contributed by atoms with E-state index in [-0.39, 0.29) is 6.61 Å². The van der Waals surface area contributed by atoms with E-state index in [0.29, 0.717) is 5.56 Å². The van der Waals surface area contributed by atoms with Gasteiger partial charge in [-0.3, -0.25) is 15.1 Å². The number of hydrogen-bond acceptors (Lipinski definition) is 4. The largest absolute Gasteiger partial charge is 0.445 e. The standard InChI is InChI=1S/C10H10N2O3/c1-2-6-15-10(14)12-9(13)8-4-3-5-11-7-8/h2-5,7H,1,6H2,(H,12,13,14). The molecule has 0 saturated carbocycles. The number of hydrogen-bond donors (Lipinski definition) is 1. The Labute approximate surface area is 86.8 Å². The SMILES string of the molecule is C=CCOC(=O)NC(=O)c1cccnc1. The van der Waals surface area contributed by atoms with Gasteiger partial charge in [-0.2, -0.15) is 0 Å². The molecule has 78 valence electrons. The lowest BCUT2D eigenvalue weighted by atomic mass is 10.3. The van der Waals surface area contributed by atoms with E-state index >= 15 is 0 Å². The molecule has 0 atom stereocenters. The van der Waals surface area contributed by atoms with Crippen molar-refractivity contribution < 1.29 is 14.3 Å². The number of rotatable bonds is 3. The fourth-order valence-corrected chi connectivity index (χ4v) is 0.833. The summed E-state index contributed by atoms with van der Waals surface area (Å²) in [5.41, 5.74) is 0.299. The van der Waals surface area contributed by atoms with Crippen LogP contribution in [0.2, 0.25) is 0 Å². The molecule has 0 aromatic carbocycles. The number of nitrogens with one attached hydrogen (secondary N) is 1. The molecular formula is C10H10N2O3. The van der Waals surface area contributed by atoms with Crippen LogP contribution in [0.5, 0.6) is 0 Å². The molecule has 0 aliphatic heterocycles. The summed E-state index contributed by atoms with van der Waals surface area (Å²) in [6.07, 6.45) is 3.50. The van der Waals surface area contributed by atoms with Gasteiger partial charge in [0.25, 0.3) is 5.91 Å². The zero-order valence-corrected chi connectivity index (χ0v) is 7.97. The normalized spacial score (nSPS) is 9.07. The van der Waals surface area contributed by atoms with Crippen molar-refractivity contribution in [3.8, 4) is 0 Å². The minimum absolute atomic E-state index is 0.0617. The molecule has 5 heteroatoms. The fraction of sp³-hybridized carbons (Fsp3) is 0.100. The molecule has 0 bridgehead atoms. The Balaban J connectivity index is 2.49. The maximum atomic E-state index is 11.3. The number of imide groups is 1. The number of carbonyl (C=O) groups excluding carboxylic acids is 2. The monoisotopic (exact) mass is 206 g/mol. The van der Waals surface area contributed by atoms with Crippen molar-refractivity contribution in [3.63, 3.8) is 0 Å². The summed E-state index contributed by atoms with van der Waals surface area (Å²) in [5, 5.41) is 2.04. The second-order valence-corrected chi connectivity index (χ2v) is 2.58. The molecule has 15 heavy (non-hydrogen) atoms. The van der Waals surface area contributed by atoms with Crippen molar-refractivity contribution in [2.75, 3.05) is 6.61 Å². The molecule has 5 nitrogen and oxygen atoms in total. The topological polar surface area (TPSA) is 68.3 Å². The van der Waals surface area contributed by atoms with Crippen LogP contribution in [0, 0.1) is 0 Å². The number of ether oxygens (including phenoxy) is 1. The van der Waals surface area contributed by atoms with Gasteiger partial charge < -0.3 is 4.74 Å². The Morgan fingerprint density at radius 2 is 2.40 bits per heavy atom. The molecule has 1 N–H and O–H groups in total. The third kappa shape index (κ3) is 3.60. The Kier molecular flexibility index (Phi) is 4.03. The lowest BCUT2D eigenvalue weighted by Crippen LogP contribution is -2.31. The van der Waals surface area contributed by atoms with Crippen LogP contribution in [0.15, 0.2) is 37.2 Å². The number of nitrogens with zero attached hydrogens (tertiary/aromatic N) is 1. The summed E-state index contributed by atoms with van der Waals surface area (Å²) in [7, 11) is 0. The summed E-state index contributed by atoms with van der Waals surface area (Å²) >= 11 is 0. The van der Waals surface area contributed by atoms with Crippen molar-refractivity contribution in [3.05, 3.63) is 42.7 Å². The van der Waals surface area contributed by atoms with Crippen molar-refractivity contribution >= 4 is 12.0 Å². The van der Waals surface area contributed by atoms with Crippen molar-refractivity contribution in [1.82, 2.24) is 10.3 Å². The van der Waals surface area contributed by atoms with Gasteiger partial charge in [-0.15, -0.1) is 0 Å². The Morgan fingerprint density at radius 3 is 3.00 bits per heavy atom. The second-order valence-electron chi connectivity index (χ2n) is 2.58. The van der Waals surface area contributed by atoms with E-state index in [0.717, 1.165) is 0 Å². The number of pyridine rings is 1. The molecule has 0 unspecified atom stereocenters. The van der Waals surface area contributed by atoms with Gasteiger partial charge in [-0.25, -0.2) is 4.79 Å². The van der Waals surface area contributed by atoms with E-state index in [1.807, 2.05) is 5.32 Å². The predicted octanol–water partition coefficient (Wildman–Crippen LogP) is 1.13. The fourth-order valence-electron chi connectivity index (χ4n) is 0.833. The molecule has 0 aliphatic rings. The first kappa shape index (κ1) is 10.9. The van der Waals surface area contributed by atoms with Crippen LogP contribution in [0.4, 0.5) is 4.79 Å². The maximum Gasteiger partial charge on any atom is 0.414 e. The Morgan fingerprint density at radius 1 is 1.60 bits per heavy atom. The molecule has 0 fully saturated rings. The van der Waals surface area contributed by atoms with Gasteiger partial charge in [0.15, 0.2) is 0 Å². The van der Waals surface area contributed by atoms with Gasteiger partial charge in [0.1, 0.15) is 6.61 Å². The molecule has 0 saturated heterocycles. The van der Waals surface area contributed by atoms with Crippen LogP contribution in [-0.4, -0.2) is 23.6 Å². The summed E-state index contributed by atoms with van der Waals surface area (Å²) in [6, 6.07) is 3.15. The highest BCUT2D eigenvalue weighted by atomic mass is 16.5. The van der Waals surface area contributed by atoms with Crippen molar-refractivity contribution in [2.24, 2.45) is 0 Å². The minimum atomic E-state index is -0.802. The number of amides is 2. The lowest BCUT2D eigenvalue weighted by molar-refractivity contribution is 0.0929. The van der Waals surface area contributed by atoms with Gasteiger partial charge in [-0.05, 0) is 12.1 Å². The molecule has 1 rings (SSSR count). The smallest absolute Gasteiger partial charge is 0.414 e. The Bertz CT molecular complexity index is 362. The third-order valence-corrected chi connectivity index (χ3v) is 1.47. The molecule has 0 radical (unpaired) electrons. The maximum absolute atomic E-state index is 11.3. The van der Waals surface area contributed by atoms with Crippen LogP contribution in [0.3, 0.4) is 0 Å². The van der Waals surface area contributed by atoms with Crippen LogP contribution < -0.4 is 5.32 Å². The quantitative estimate of drug-likeness (QED) is 0.753. The van der Waals surface area contributed by atoms with E-state index in [9.17, 15) is 9.59 Å². The number of aromatic nitrogens is 1. The molecule has 1 aromatic heterocycles. The summed E-state index contributed by atoms with van der Waals surface area (Å²) in [5.74, 6) is -0.544. The van der Waals surface area contributed by atoms with E-state index in [1.165, 1.54) is 18.5 Å².